The van der Waals surface area contributed by atoms with Gasteiger partial charge < -0.3 is 19.8 Å². The summed E-state index contributed by atoms with van der Waals surface area (Å²) in [5.74, 6) is -0.344. The SMILES string of the molecule is CSc1cc(C)[nH]c(=O)c1CNC(=O)c1c(C)n([C@H](C)[C@H]2CCN(C)C[C@@H]2F)c2ccccc12. The minimum absolute atomic E-state index is 0.0850. The lowest BCUT2D eigenvalue weighted by molar-refractivity contribution is 0.0744. The summed E-state index contributed by atoms with van der Waals surface area (Å²) in [6, 6.07) is 9.63. The van der Waals surface area contributed by atoms with Crippen LogP contribution in [-0.2, 0) is 6.54 Å². The molecular weight excluding hydrogens is 451 g/mol. The van der Waals surface area contributed by atoms with E-state index in [1.165, 1.54) is 11.8 Å². The molecule has 34 heavy (non-hydrogen) atoms. The molecule has 1 fully saturated rings. The maximum atomic E-state index is 15.0. The number of benzene rings is 1. The molecular formula is C26H33FN4O2S. The molecule has 0 saturated carbocycles. The summed E-state index contributed by atoms with van der Waals surface area (Å²) in [5, 5.41) is 3.81. The number of carbonyl (C=O) groups is 1. The number of hydrogen-bond acceptors (Lipinski definition) is 4. The van der Waals surface area contributed by atoms with E-state index in [0.29, 0.717) is 17.7 Å². The van der Waals surface area contributed by atoms with E-state index in [9.17, 15) is 9.59 Å². The smallest absolute Gasteiger partial charge is 0.254 e. The Morgan fingerprint density at radius 3 is 2.76 bits per heavy atom. The monoisotopic (exact) mass is 484 g/mol. The summed E-state index contributed by atoms with van der Waals surface area (Å²) in [6.07, 6.45) is 1.78. The van der Waals surface area contributed by atoms with E-state index >= 15 is 4.39 Å². The van der Waals surface area contributed by atoms with Crippen molar-refractivity contribution in [1.82, 2.24) is 19.8 Å². The van der Waals surface area contributed by atoms with Gasteiger partial charge in [0, 0.05) is 57.8 Å². The summed E-state index contributed by atoms with van der Waals surface area (Å²) in [7, 11) is 1.95. The zero-order chi connectivity index (χ0) is 24.6. The number of piperidine rings is 1. The van der Waals surface area contributed by atoms with Crippen LogP contribution in [0.3, 0.4) is 0 Å². The van der Waals surface area contributed by atoms with Crippen molar-refractivity contribution in [2.75, 3.05) is 26.4 Å². The number of nitrogens with zero attached hydrogens (tertiary/aromatic N) is 2. The number of pyridine rings is 1. The molecule has 1 aliphatic heterocycles. The summed E-state index contributed by atoms with van der Waals surface area (Å²) >= 11 is 1.49. The summed E-state index contributed by atoms with van der Waals surface area (Å²) < 4.78 is 17.1. The topological polar surface area (TPSA) is 70.1 Å². The molecule has 1 aromatic carbocycles. The fourth-order valence-corrected chi connectivity index (χ4v) is 6.01. The van der Waals surface area contributed by atoms with E-state index in [1.54, 1.807) is 0 Å². The largest absolute Gasteiger partial charge is 0.348 e. The van der Waals surface area contributed by atoms with E-state index in [0.717, 1.165) is 40.2 Å². The van der Waals surface area contributed by atoms with E-state index in [4.69, 9.17) is 0 Å². The molecule has 2 aromatic heterocycles. The molecule has 182 valence electrons. The van der Waals surface area contributed by atoms with Gasteiger partial charge in [0.1, 0.15) is 6.17 Å². The molecule has 1 amide bonds. The average Bonchev–Trinajstić information content (AvgIpc) is 3.09. The molecule has 4 rings (SSSR count). The van der Waals surface area contributed by atoms with Crippen LogP contribution < -0.4 is 10.9 Å². The molecule has 1 aliphatic rings. The number of nitrogens with one attached hydrogen (secondary N) is 2. The van der Waals surface area contributed by atoms with Gasteiger partial charge in [0.25, 0.3) is 11.5 Å². The van der Waals surface area contributed by atoms with E-state index < -0.39 is 6.17 Å². The van der Waals surface area contributed by atoms with Gasteiger partial charge in [0.05, 0.1) is 5.56 Å². The third kappa shape index (κ3) is 4.53. The minimum atomic E-state index is -0.912. The molecule has 0 spiro atoms. The molecule has 0 bridgehead atoms. The van der Waals surface area contributed by atoms with Crippen LogP contribution in [0.15, 0.2) is 40.0 Å². The van der Waals surface area contributed by atoms with Crippen molar-refractivity contribution in [3.8, 4) is 0 Å². The number of thioether (sulfide) groups is 1. The van der Waals surface area contributed by atoms with Gasteiger partial charge in [0.2, 0.25) is 0 Å². The number of aromatic nitrogens is 2. The standard InChI is InChI=1S/C26H33FN4O2S/c1-15-12-23(34-5)20(25(32)29-15)13-28-26(33)24-17(3)31(22-9-7-6-8-19(22)24)16(2)18-10-11-30(4)14-21(18)27/h6-9,12,16,18,21H,10-11,13-14H2,1-5H3,(H,28,33)(H,29,32)/t16-,18-,21+/m1/s1. The average molecular weight is 485 g/mol. The van der Waals surface area contributed by atoms with Crippen LogP contribution in [0.25, 0.3) is 10.9 Å². The maximum Gasteiger partial charge on any atom is 0.254 e. The number of aryl methyl sites for hydroxylation is 1. The molecule has 0 radical (unpaired) electrons. The van der Waals surface area contributed by atoms with Crippen LogP contribution in [0.1, 0.15) is 46.7 Å². The van der Waals surface area contributed by atoms with Crippen LogP contribution in [0, 0.1) is 19.8 Å². The van der Waals surface area contributed by atoms with Crippen molar-refractivity contribution in [3.05, 3.63) is 63.2 Å². The van der Waals surface area contributed by atoms with Crippen LogP contribution in [0.2, 0.25) is 0 Å². The summed E-state index contributed by atoms with van der Waals surface area (Å²) in [6.45, 7) is 7.27. The highest BCUT2D eigenvalue weighted by Gasteiger charge is 2.34. The fourth-order valence-electron chi connectivity index (χ4n) is 5.31. The number of halogens is 1. The minimum Gasteiger partial charge on any atom is -0.348 e. The Morgan fingerprint density at radius 1 is 1.32 bits per heavy atom. The van der Waals surface area contributed by atoms with Crippen LogP contribution in [0.4, 0.5) is 4.39 Å². The van der Waals surface area contributed by atoms with Crippen molar-refractivity contribution in [2.24, 2.45) is 5.92 Å². The van der Waals surface area contributed by atoms with E-state index in [2.05, 4.69) is 21.8 Å². The first-order valence-corrected chi connectivity index (χ1v) is 12.9. The summed E-state index contributed by atoms with van der Waals surface area (Å²) in [4.78, 5) is 31.6. The first-order chi connectivity index (χ1) is 16.2. The number of fused-ring (bicyclic) bond motifs is 1. The van der Waals surface area contributed by atoms with Crippen LogP contribution >= 0.6 is 11.8 Å². The Balaban J connectivity index is 1.67. The predicted octanol–water partition coefficient (Wildman–Crippen LogP) is 4.45. The van der Waals surface area contributed by atoms with Crippen LogP contribution in [0.5, 0.6) is 0 Å². The van der Waals surface area contributed by atoms with E-state index in [-0.39, 0.29) is 30.0 Å². The molecule has 0 unspecified atom stereocenters. The highest BCUT2D eigenvalue weighted by molar-refractivity contribution is 7.98. The van der Waals surface area contributed by atoms with Gasteiger partial charge >= 0.3 is 0 Å². The van der Waals surface area contributed by atoms with Crippen molar-refractivity contribution in [1.29, 1.82) is 0 Å². The quantitative estimate of drug-likeness (QED) is 0.507. The number of para-hydroxylation sites is 1. The zero-order valence-electron chi connectivity index (χ0n) is 20.4. The van der Waals surface area contributed by atoms with E-state index in [1.807, 2.05) is 62.4 Å². The fraction of sp³-hybridized carbons (Fsp3) is 0.462. The molecule has 6 nitrogen and oxygen atoms in total. The number of likely N-dealkylation sites (tertiary alicyclic amines) is 1. The number of H-pyrrole nitrogens is 1. The number of carbonyl (C=O) groups excluding carboxylic acids is 1. The molecule has 2 N–H and O–H groups in total. The third-order valence-electron chi connectivity index (χ3n) is 7.08. The molecule has 3 atom stereocenters. The normalized spacial score (nSPS) is 19.9. The Labute approximate surface area is 203 Å². The van der Waals surface area contributed by atoms with Crippen molar-refractivity contribution < 1.29 is 9.18 Å². The van der Waals surface area contributed by atoms with Crippen molar-refractivity contribution >= 4 is 28.6 Å². The van der Waals surface area contributed by atoms with Crippen molar-refractivity contribution in [3.63, 3.8) is 0 Å². The molecule has 3 heterocycles. The first-order valence-electron chi connectivity index (χ1n) is 11.7. The highest BCUT2D eigenvalue weighted by Crippen LogP contribution is 2.36. The zero-order valence-corrected chi connectivity index (χ0v) is 21.3. The van der Waals surface area contributed by atoms with Gasteiger partial charge in [-0.05, 0) is 59.2 Å². The Hall–Kier alpha value is -2.58. The second kappa shape index (κ2) is 9.96. The Kier molecular flexibility index (Phi) is 7.19. The lowest BCUT2D eigenvalue weighted by Gasteiger charge is -2.37. The second-order valence-electron chi connectivity index (χ2n) is 9.33. The number of alkyl halides is 1. The van der Waals surface area contributed by atoms with Gasteiger partial charge in [-0.15, -0.1) is 11.8 Å². The first kappa shape index (κ1) is 24.5. The van der Waals surface area contributed by atoms with Gasteiger partial charge in [-0.25, -0.2) is 4.39 Å². The molecule has 0 aliphatic carbocycles. The third-order valence-corrected chi connectivity index (χ3v) is 7.88. The molecule has 3 aromatic rings. The second-order valence-corrected chi connectivity index (χ2v) is 10.2. The number of aromatic amines is 1. The van der Waals surface area contributed by atoms with Crippen molar-refractivity contribution in [2.45, 2.75) is 50.8 Å². The number of rotatable bonds is 6. The molecule has 8 heteroatoms. The van der Waals surface area contributed by atoms with Crippen LogP contribution in [-0.4, -0.2) is 52.9 Å². The van der Waals surface area contributed by atoms with Gasteiger partial charge in [-0.1, -0.05) is 18.2 Å². The Morgan fingerprint density at radius 2 is 2.06 bits per heavy atom. The number of hydrogen-bond donors (Lipinski definition) is 2. The number of amides is 1. The lowest BCUT2D eigenvalue weighted by Crippen LogP contribution is -2.42. The van der Waals surface area contributed by atoms with Gasteiger partial charge in [0.15, 0.2) is 0 Å². The van der Waals surface area contributed by atoms with Gasteiger partial charge in [-0.3, -0.25) is 9.59 Å². The summed E-state index contributed by atoms with van der Waals surface area (Å²) in [5.41, 5.74) is 3.49. The van der Waals surface area contributed by atoms with Gasteiger partial charge in [-0.2, -0.15) is 0 Å². The molecule has 1 saturated heterocycles. The lowest BCUT2D eigenvalue weighted by atomic mass is 9.88. The predicted molar refractivity (Wildman–Crippen MR) is 137 cm³/mol. The maximum absolute atomic E-state index is 15.0. The highest BCUT2D eigenvalue weighted by atomic mass is 32.2. The Bertz CT molecular complexity index is 1270.